The summed E-state index contributed by atoms with van der Waals surface area (Å²) in [6.45, 7) is 3.65. The van der Waals surface area contributed by atoms with E-state index in [2.05, 4.69) is 16.8 Å². The van der Waals surface area contributed by atoms with Crippen LogP contribution < -0.4 is 4.74 Å². The number of pyridine rings is 1. The molecule has 0 radical (unpaired) electrons. The molecular weight excluding hydrogens is 352 g/mol. The number of rotatable bonds is 4. The molecule has 5 nitrogen and oxygen atoms in total. The summed E-state index contributed by atoms with van der Waals surface area (Å²) in [6.07, 6.45) is 3.78. The van der Waals surface area contributed by atoms with Crippen LogP contribution in [0.15, 0.2) is 30.5 Å². The fourth-order valence-corrected chi connectivity index (χ4v) is 4.68. The van der Waals surface area contributed by atoms with Crippen LogP contribution in [-0.2, 0) is 0 Å². The monoisotopic (exact) mass is 378 g/mol. The molecule has 1 aromatic carbocycles. The fraction of sp³-hybridized carbons (Fsp3) is 0.550. The molecule has 0 saturated carbocycles. The van der Waals surface area contributed by atoms with Crippen molar-refractivity contribution in [1.29, 1.82) is 0 Å². The van der Waals surface area contributed by atoms with Gasteiger partial charge in [0.05, 0.1) is 24.3 Å². The van der Waals surface area contributed by atoms with Gasteiger partial charge in [-0.15, -0.1) is 12.4 Å². The van der Waals surface area contributed by atoms with Gasteiger partial charge in [-0.1, -0.05) is 6.92 Å². The molecule has 4 heterocycles. The highest BCUT2D eigenvalue weighted by atomic mass is 35.5. The van der Waals surface area contributed by atoms with Gasteiger partial charge in [0.15, 0.2) is 0 Å². The van der Waals surface area contributed by atoms with E-state index in [1.54, 1.807) is 13.3 Å². The molecule has 3 aliphatic rings. The Labute approximate surface area is 160 Å². The predicted molar refractivity (Wildman–Crippen MR) is 104 cm³/mol. The molecule has 0 spiro atoms. The summed E-state index contributed by atoms with van der Waals surface area (Å²) in [4.78, 5) is 6.67. The summed E-state index contributed by atoms with van der Waals surface area (Å²) < 4.78 is 5.34. The van der Waals surface area contributed by atoms with E-state index in [9.17, 15) is 10.2 Å². The first-order valence-corrected chi connectivity index (χ1v) is 9.13. The average Bonchev–Trinajstić information content (AvgIpc) is 2.66. The van der Waals surface area contributed by atoms with Crippen LogP contribution >= 0.6 is 12.4 Å². The third-order valence-electron chi connectivity index (χ3n) is 6.27. The van der Waals surface area contributed by atoms with E-state index in [-0.39, 0.29) is 24.4 Å². The largest absolute Gasteiger partial charge is 0.497 e. The lowest BCUT2D eigenvalue weighted by atomic mass is 9.69. The Morgan fingerprint density at radius 3 is 2.85 bits per heavy atom. The summed E-state index contributed by atoms with van der Waals surface area (Å²) in [5.74, 6) is 1.03. The first-order valence-electron chi connectivity index (χ1n) is 9.13. The zero-order valence-corrected chi connectivity index (χ0v) is 16.1. The minimum absolute atomic E-state index is 0. The summed E-state index contributed by atoms with van der Waals surface area (Å²) in [5, 5.41) is 22.9. The van der Waals surface area contributed by atoms with Crippen molar-refractivity contribution in [2.24, 2.45) is 5.92 Å². The van der Waals surface area contributed by atoms with Crippen LogP contribution in [0.2, 0.25) is 0 Å². The molecule has 2 bridgehead atoms. The quantitative estimate of drug-likeness (QED) is 0.856. The summed E-state index contributed by atoms with van der Waals surface area (Å²) in [7, 11) is 1.64. The number of nitrogens with zero attached hydrogens (tertiary/aromatic N) is 2. The second-order valence-corrected chi connectivity index (χ2v) is 7.44. The van der Waals surface area contributed by atoms with Gasteiger partial charge in [-0.25, -0.2) is 0 Å². The number of benzene rings is 1. The molecule has 0 amide bonds. The van der Waals surface area contributed by atoms with Crippen LogP contribution in [-0.4, -0.2) is 51.9 Å². The Morgan fingerprint density at radius 1 is 1.38 bits per heavy atom. The van der Waals surface area contributed by atoms with Crippen molar-refractivity contribution in [2.75, 3.05) is 20.2 Å². The highest BCUT2D eigenvalue weighted by molar-refractivity contribution is 5.85. The Kier molecular flexibility index (Phi) is 5.45. The maximum absolute atomic E-state index is 11.2. The van der Waals surface area contributed by atoms with Crippen molar-refractivity contribution in [2.45, 2.75) is 43.9 Å². The number of ether oxygens (including phenoxy) is 1. The Morgan fingerprint density at radius 2 is 2.19 bits per heavy atom. The average molecular weight is 379 g/mol. The topological polar surface area (TPSA) is 65.8 Å². The molecule has 3 fully saturated rings. The SMILES string of the molecule is CC[C@@]1(O)CN2CC[C@H]1C[C@@H]2[C@@H](O)c1ccnc2ccc(OC)cc12.Cl. The molecule has 26 heavy (non-hydrogen) atoms. The van der Waals surface area contributed by atoms with E-state index in [0.717, 1.165) is 48.0 Å². The molecule has 142 valence electrons. The van der Waals surface area contributed by atoms with Crippen molar-refractivity contribution in [1.82, 2.24) is 9.88 Å². The zero-order valence-electron chi connectivity index (χ0n) is 15.3. The standard InChI is InChI=1S/C20H26N2O3.ClH/c1-3-20(24)12-22-9-7-13(20)10-18(22)19(23)15-6-8-21-17-5-4-14(25-2)11-16(15)17;/h4-6,8,11,13,18-19,23-24H,3,7,9-10,12H2,1-2H3;1H/t13-,18+,19-,20+;/m0./s1. The third kappa shape index (κ3) is 3.07. The van der Waals surface area contributed by atoms with E-state index in [0.29, 0.717) is 6.54 Å². The van der Waals surface area contributed by atoms with Crippen molar-refractivity contribution < 1.29 is 14.9 Å². The number of methoxy groups -OCH3 is 1. The molecule has 3 aliphatic heterocycles. The van der Waals surface area contributed by atoms with Crippen LogP contribution in [0.3, 0.4) is 0 Å². The van der Waals surface area contributed by atoms with Gasteiger partial charge in [0.1, 0.15) is 5.75 Å². The molecule has 3 saturated heterocycles. The number of halogens is 1. The predicted octanol–water partition coefficient (Wildman–Crippen LogP) is 2.93. The summed E-state index contributed by atoms with van der Waals surface area (Å²) >= 11 is 0. The minimum Gasteiger partial charge on any atom is -0.497 e. The van der Waals surface area contributed by atoms with Crippen molar-refractivity contribution in [3.63, 3.8) is 0 Å². The number of hydrogen-bond donors (Lipinski definition) is 2. The number of piperidine rings is 3. The molecule has 2 N–H and O–H groups in total. The molecule has 1 unspecified atom stereocenters. The first-order chi connectivity index (χ1) is 12.1. The smallest absolute Gasteiger partial charge is 0.119 e. The Hall–Kier alpha value is -1.40. The number of hydrogen-bond acceptors (Lipinski definition) is 5. The second-order valence-electron chi connectivity index (χ2n) is 7.44. The van der Waals surface area contributed by atoms with Gasteiger partial charge in [-0.2, -0.15) is 0 Å². The number of fused-ring (bicyclic) bond motifs is 4. The molecule has 5 atom stereocenters. The lowest BCUT2D eigenvalue weighted by molar-refractivity contribution is -0.153. The van der Waals surface area contributed by atoms with Crippen LogP contribution in [0.4, 0.5) is 0 Å². The van der Waals surface area contributed by atoms with E-state index in [4.69, 9.17) is 4.74 Å². The van der Waals surface area contributed by atoms with Crippen molar-refractivity contribution in [3.05, 3.63) is 36.0 Å². The lowest BCUT2D eigenvalue weighted by Crippen LogP contribution is -2.63. The summed E-state index contributed by atoms with van der Waals surface area (Å²) in [5.41, 5.74) is 1.15. The molecule has 5 rings (SSSR count). The first kappa shape index (κ1) is 19.4. The van der Waals surface area contributed by atoms with Crippen LogP contribution in [0, 0.1) is 5.92 Å². The highest BCUT2D eigenvalue weighted by Gasteiger charge is 2.50. The molecule has 0 aliphatic carbocycles. The van der Waals surface area contributed by atoms with Crippen LogP contribution in [0.5, 0.6) is 5.75 Å². The second kappa shape index (κ2) is 7.31. The minimum atomic E-state index is -0.599. The maximum Gasteiger partial charge on any atom is 0.119 e. The molecule has 1 aromatic heterocycles. The van der Waals surface area contributed by atoms with E-state index in [1.165, 1.54) is 0 Å². The van der Waals surface area contributed by atoms with Gasteiger partial charge >= 0.3 is 0 Å². The van der Waals surface area contributed by atoms with E-state index >= 15 is 0 Å². The molecule has 2 aromatic rings. The third-order valence-corrected chi connectivity index (χ3v) is 6.27. The number of aromatic nitrogens is 1. The fourth-order valence-electron chi connectivity index (χ4n) is 4.68. The van der Waals surface area contributed by atoms with Crippen molar-refractivity contribution in [3.8, 4) is 5.75 Å². The van der Waals surface area contributed by atoms with Crippen LogP contribution in [0.1, 0.15) is 37.9 Å². The van der Waals surface area contributed by atoms with E-state index < -0.39 is 11.7 Å². The highest BCUT2D eigenvalue weighted by Crippen LogP contribution is 2.44. The number of aliphatic hydroxyl groups is 2. The number of aliphatic hydroxyl groups excluding tert-OH is 1. The maximum atomic E-state index is 11.2. The summed E-state index contributed by atoms with van der Waals surface area (Å²) in [6, 6.07) is 7.70. The zero-order chi connectivity index (χ0) is 17.6. The Balaban J connectivity index is 0.00000196. The lowest BCUT2D eigenvalue weighted by Gasteiger charge is -2.55. The van der Waals surface area contributed by atoms with Gasteiger partial charge in [-0.05, 0) is 61.6 Å². The van der Waals surface area contributed by atoms with Crippen molar-refractivity contribution >= 4 is 23.3 Å². The van der Waals surface area contributed by atoms with Gasteiger partial charge < -0.3 is 14.9 Å². The molecule has 6 heteroatoms. The van der Waals surface area contributed by atoms with E-state index in [1.807, 2.05) is 24.3 Å². The van der Waals surface area contributed by atoms with Gasteiger partial charge in [0.2, 0.25) is 0 Å². The van der Waals surface area contributed by atoms with Gasteiger partial charge in [-0.3, -0.25) is 9.88 Å². The molecular formula is C20H27ClN2O3. The van der Waals surface area contributed by atoms with Gasteiger partial charge in [0, 0.05) is 24.2 Å². The van der Waals surface area contributed by atoms with Crippen LogP contribution in [0.25, 0.3) is 10.9 Å². The van der Waals surface area contributed by atoms with Gasteiger partial charge in [0.25, 0.3) is 0 Å². The Bertz CT molecular complexity index is 787. The normalized spacial score (nSPS) is 31.5.